The molecule has 0 saturated carbocycles. The van der Waals surface area contributed by atoms with Gasteiger partial charge in [-0.15, -0.1) is 0 Å². The number of carbonyl (C=O) groups excluding carboxylic acids is 2. The molecule has 0 bridgehead atoms. The van der Waals surface area contributed by atoms with Crippen LogP contribution in [0.1, 0.15) is 11.6 Å². The molecule has 0 fully saturated rings. The summed E-state index contributed by atoms with van der Waals surface area (Å²) in [5.41, 5.74) is 0.725. The summed E-state index contributed by atoms with van der Waals surface area (Å²) in [5, 5.41) is 2.55. The van der Waals surface area contributed by atoms with E-state index in [0.717, 1.165) is 5.56 Å². The SMILES string of the molecule is CN(C)C(=O)N[C@@H]([C]=O)c1ccccc1. The van der Waals surface area contributed by atoms with E-state index in [1.165, 1.54) is 4.90 Å². The molecule has 0 unspecified atom stereocenters. The smallest absolute Gasteiger partial charge is 0.317 e. The van der Waals surface area contributed by atoms with Crippen molar-refractivity contribution in [1.29, 1.82) is 0 Å². The van der Waals surface area contributed by atoms with Crippen LogP contribution in [0.15, 0.2) is 30.3 Å². The summed E-state index contributed by atoms with van der Waals surface area (Å²) in [4.78, 5) is 23.4. The molecule has 4 nitrogen and oxygen atoms in total. The minimum atomic E-state index is -0.707. The van der Waals surface area contributed by atoms with Crippen LogP contribution < -0.4 is 5.32 Å². The van der Waals surface area contributed by atoms with Crippen LogP contribution in [0.4, 0.5) is 4.79 Å². The maximum absolute atomic E-state index is 11.3. The Kier molecular flexibility index (Phi) is 3.85. The van der Waals surface area contributed by atoms with Gasteiger partial charge in [0.1, 0.15) is 6.04 Å². The van der Waals surface area contributed by atoms with E-state index in [4.69, 9.17) is 0 Å². The average Bonchev–Trinajstić information content (AvgIpc) is 2.26. The zero-order valence-corrected chi connectivity index (χ0v) is 8.73. The minimum absolute atomic E-state index is 0.313. The zero-order valence-electron chi connectivity index (χ0n) is 8.73. The molecule has 0 aliphatic heterocycles. The van der Waals surface area contributed by atoms with E-state index in [9.17, 15) is 9.59 Å². The van der Waals surface area contributed by atoms with E-state index in [2.05, 4.69) is 5.32 Å². The van der Waals surface area contributed by atoms with Crippen molar-refractivity contribution in [2.75, 3.05) is 14.1 Å². The molecule has 0 spiro atoms. The fourth-order valence-corrected chi connectivity index (χ4v) is 1.08. The van der Waals surface area contributed by atoms with Crippen molar-refractivity contribution in [2.45, 2.75) is 6.04 Å². The van der Waals surface area contributed by atoms with Crippen LogP contribution in [0.25, 0.3) is 0 Å². The molecule has 1 aromatic rings. The normalized spacial score (nSPS) is 11.6. The lowest BCUT2D eigenvalue weighted by atomic mass is 10.1. The van der Waals surface area contributed by atoms with Gasteiger partial charge in [0.05, 0.1) is 0 Å². The van der Waals surface area contributed by atoms with Crippen molar-refractivity contribution in [3.05, 3.63) is 35.9 Å². The fraction of sp³-hybridized carbons (Fsp3) is 0.273. The Labute approximate surface area is 88.9 Å². The van der Waals surface area contributed by atoms with Crippen LogP contribution in [0.3, 0.4) is 0 Å². The van der Waals surface area contributed by atoms with Gasteiger partial charge in [-0.3, -0.25) is 4.79 Å². The van der Waals surface area contributed by atoms with Crippen molar-refractivity contribution in [2.24, 2.45) is 0 Å². The first-order valence-corrected chi connectivity index (χ1v) is 4.55. The summed E-state index contributed by atoms with van der Waals surface area (Å²) in [6.45, 7) is 0. The number of benzene rings is 1. The van der Waals surface area contributed by atoms with Gasteiger partial charge in [-0.2, -0.15) is 0 Å². The topological polar surface area (TPSA) is 49.4 Å². The zero-order chi connectivity index (χ0) is 11.3. The lowest BCUT2D eigenvalue weighted by Gasteiger charge is -2.16. The van der Waals surface area contributed by atoms with E-state index >= 15 is 0 Å². The number of hydrogen-bond donors (Lipinski definition) is 1. The van der Waals surface area contributed by atoms with E-state index < -0.39 is 6.04 Å². The highest BCUT2D eigenvalue weighted by molar-refractivity contribution is 5.78. The standard InChI is InChI=1S/C11H13N2O2/c1-13(2)11(15)12-10(8-14)9-6-4-3-5-7-9/h3-7,10H,1-2H3,(H,12,15)/t10-/m0/s1. The number of carbonyl (C=O) groups is 1. The maximum atomic E-state index is 11.3. The molecule has 0 aliphatic carbocycles. The summed E-state index contributed by atoms with van der Waals surface area (Å²) in [5.74, 6) is 0. The van der Waals surface area contributed by atoms with E-state index in [1.54, 1.807) is 32.5 Å². The van der Waals surface area contributed by atoms with Gasteiger partial charge < -0.3 is 10.2 Å². The predicted molar refractivity (Wildman–Crippen MR) is 57.1 cm³/mol. The molecule has 0 aromatic heterocycles. The number of urea groups is 1. The molecule has 1 N–H and O–H groups in total. The third kappa shape index (κ3) is 3.09. The molecule has 1 atom stereocenters. The van der Waals surface area contributed by atoms with Crippen molar-refractivity contribution in [3.8, 4) is 0 Å². The van der Waals surface area contributed by atoms with Gasteiger partial charge >= 0.3 is 6.03 Å². The Hall–Kier alpha value is -1.84. The Morgan fingerprint density at radius 2 is 1.93 bits per heavy atom. The molecule has 0 heterocycles. The summed E-state index contributed by atoms with van der Waals surface area (Å²) < 4.78 is 0. The quantitative estimate of drug-likeness (QED) is 0.803. The molecule has 79 valence electrons. The summed E-state index contributed by atoms with van der Waals surface area (Å²) in [6, 6.07) is 7.98. The Morgan fingerprint density at radius 3 is 2.40 bits per heavy atom. The predicted octanol–water partition coefficient (Wildman–Crippen LogP) is 1.11. The van der Waals surface area contributed by atoms with Gasteiger partial charge in [-0.1, -0.05) is 30.3 Å². The van der Waals surface area contributed by atoms with E-state index in [-0.39, 0.29) is 6.03 Å². The van der Waals surface area contributed by atoms with Crippen molar-refractivity contribution in [1.82, 2.24) is 10.2 Å². The van der Waals surface area contributed by atoms with E-state index in [1.807, 2.05) is 18.2 Å². The molecule has 0 aliphatic rings. The van der Waals surface area contributed by atoms with Gasteiger partial charge in [0.25, 0.3) is 0 Å². The van der Waals surface area contributed by atoms with Crippen LogP contribution in [-0.4, -0.2) is 31.3 Å². The number of hydrogen-bond acceptors (Lipinski definition) is 2. The van der Waals surface area contributed by atoms with Gasteiger partial charge in [0, 0.05) is 14.1 Å². The number of amides is 2. The number of nitrogens with one attached hydrogen (secondary N) is 1. The first-order chi connectivity index (χ1) is 7.15. The third-order valence-electron chi connectivity index (χ3n) is 1.92. The monoisotopic (exact) mass is 205 g/mol. The molecule has 1 radical (unpaired) electrons. The second-order valence-electron chi connectivity index (χ2n) is 3.31. The van der Waals surface area contributed by atoms with Gasteiger partial charge in [-0.25, -0.2) is 4.79 Å². The van der Waals surface area contributed by atoms with Gasteiger partial charge in [0.2, 0.25) is 6.29 Å². The second-order valence-corrected chi connectivity index (χ2v) is 3.31. The van der Waals surface area contributed by atoms with Crippen LogP contribution in [-0.2, 0) is 4.79 Å². The highest BCUT2D eigenvalue weighted by Crippen LogP contribution is 2.09. The summed E-state index contributed by atoms with van der Waals surface area (Å²) >= 11 is 0. The second kappa shape index (κ2) is 5.14. The molecule has 2 amide bonds. The van der Waals surface area contributed by atoms with E-state index in [0.29, 0.717) is 0 Å². The highest BCUT2D eigenvalue weighted by Gasteiger charge is 2.14. The van der Waals surface area contributed by atoms with Crippen molar-refractivity contribution in [3.63, 3.8) is 0 Å². The molecule has 1 aromatic carbocycles. The van der Waals surface area contributed by atoms with Crippen molar-refractivity contribution < 1.29 is 9.59 Å². The lowest BCUT2D eigenvalue weighted by Crippen LogP contribution is -2.37. The third-order valence-corrected chi connectivity index (χ3v) is 1.92. The molecule has 4 heteroatoms. The number of nitrogens with zero attached hydrogens (tertiary/aromatic N) is 1. The molecular formula is C11H13N2O2. The van der Waals surface area contributed by atoms with Crippen LogP contribution in [0.2, 0.25) is 0 Å². The highest BCUT2D eigenvalue weighted by atomic mass is 16.2. The van der Waals surface area contributed by atoms with Crippen LogP contribution in [0.5, 0.6) is 0 Å². The first kappa shape index (κ1) is 11.2. The summed E-state index contributed by atoms with van der Waals surface area (Å²) in [6.07, 6.45) is 1.80. The maximum Gasteiger partial charge on any atom is 0.317 e. The Balaban J connectivity index is 2.73. The molecule has 15 heavy (non-hydrogen) atoms. The largest absolute Gasteiger partial charge is 0.331 e. The number of rotatable bonds is 3. The molecular weight excluding hydrogens is 192 g/mol. The molecule has 1 rings (SSSR count). The Bertz CT molecular complexity index is 336. The molecule has 0 saturated heterocycles. The van der Waals surface area contributed by atoms with Crippen LogP contribution in [0, 0.1) is 0 Å². The minimum Gasteiger partial charge on any atom is -0.331 e. The van der Waals surface area contributed by atoms with Crippen LogP contribution >= 0.6 is 0 Å². The van der Waals surface area contributed by atoms with Crippen molar-refractivity contribution >= 4 is 12.3 Å². The average molecular weight is 205 g/mol. The van der Waals surface area contributed by atoms with Gasteiger partial charge in [-0.05, 0) is 5.56 Å². The first-order valence-electron chi connectivity index (χ1n) is 4.55. The lowest BCUT2D eigenvalue weighted by molar-refractivity contribution is 0.215. The summed E-state index contributed by atoms with van der Waals surface area (Å²) in [7, 11) is 3.23. The fourth-order valence-electron chi connectivity index (χ4n) is 1.08. The Morgan fingerprint density at radius 1 is 1.33 bits per heavy atom. The van der Waals surface area contributed by atoms with Gasteiger partial charge in [0.15, 0.2) is 0 Å².